The number of rotatable bonds is 13. The van der Waals surface area contributed by atoms with Crippen molar-refractivity contribution in [3.8, 4) is 17.0 Å². The lowest BCUT2D eigenvalue weighted by Crippen LogP contribution is -2.03. The largest absolute Gasteiger partial charge is 0.494 e. The molecule has 2 N–H and O–H groups in total. The van der Waals surface area contributed by atoms with Gasteiger partial charge in [0.1, 0.15) is 23.5 Å². The Bertz CT molecular complexity index is 1210. The van der Waals surface area contributed by atoms with E-state index in [2.05, 4.69) is 38.5 Å². The zero-order valence-corrected chi connectivity index (χ0v) is 20.1. The highest BCUT2D eigenvalue weighted by molar-refractivity contribution is 5.91. The fraction of sp³-hybridized carbons (Fsp3) is 0.321. The van der Waals surface area contributed by atoms with Crippen LogP contribution in [-0.2, 0) is 16.1 Å². The van der Waals surface area contributed by atoms with Crippen LogP contribution in [0, 0.1) is 0 Å². The van der Waals surface area contributed by atoms with Crippen molar-refractivity contribution in [1.82, 2.24) is 15.0 Å². The fourth-order valence-electron chi connectivity index (χ4n) is 3.90. The number of aromatic nitrogens is 3. The first-order valence-electron chi connectivity index (χ1n) is 12.2. The quantitative estimate of drug-likeness (QED) is 0.180. The number of nitrogens with one attached hydrogen (secondary N) is 2. The molecule has 0 amide bonds. The molecule has 0 bridgehead atoms. The topological polar surface area (TPSA) is 89.1 Å². The first kappa shape index (κ1) is 24.3. The molecule has 2 heterocycles. The molecule has 2 aromatic carbocycles. The Morgan fingerprint density at radius 2 is 1.77 bits per heavy atom. The van der Waals surface area contributed by atoms with E-state index in [4.69, 9.17) is 9.47 Å². The number of carbonyl (C=O) groups excluding carboxylic acids is 1. The lowest BCUT2D eigenvalue weighted by molar-refractivity contribution is -0.143. The molecule has 182 valence electrons. The van der Waals surface area contributed by atoms with E-state index in [1.165, 1.54) is 5.56 Å². The van der Waals surface area contributed by atoms with Gasteiger partial charge in [-0.1, -0.05) is 43.2 Å². The highest BCUT2D eigenvalue weighted by atomic mass is 16.5. The Hall–Kier alpha value is -3.87. The Morgan fingerprint density at radius 3 is 2.57 bits per heavy atom. The van der Waals surface area contributed by atoms with Gasteiger partial charge in [-0.25, -0.2) is 9.97 Å². The smallest absolute Gasteiger partial charge is 0.305 e. The number of ether oxygens (including phenoxy) is 2. The predicted octanol–water partition coefficient (Wildman–Crippen LogP) is 6.13. The molecule has 2 aromatic heterocycles. The van der Waals surface area contributed by atoms with Crippen molar-refractivity contribution < 1.29 is 14.3 Å². The van der Waals surface area contributed by atoms with Gasteiger partial charge in [0, 0.05) is 18.7 Å². The van der Waals surface area contributed by atoms with Crippen LogP contribution in [0.1, 0.15) is 44.6 Å². The summed E-state index contributed by atoms with van der Waals surface area (Å²) in [4.78, 5) is 23.6. The molecule has 0 spiro atoms. The maximum Gasteiger partial charge on any atom is 0.305 e. The van der Waals surface area contributed by atoms with Gasteiger partial charge < -0.3 is 19.8 Å². The summed E-state index contributed by atoms with van der Waals surface area (Å²) in [5, 5.41) is 4.38. The molecule has 0 fully saturated rings. The minimum Gasteiger partial charge on any atom is -0.494 e. The number of hydrogen-bond donors (Lipinski definition) is 2. The third-order valence-electron chi connectivity index (χ3n) is 5.74. The van der Waals surface area contributed by atoms with E-state index < -0.39 is 0 Å². The molecule has 4 aromatic rings. The van der Waals surface area contributed by atoms with E-state index in [1.54, 1.807) is 6.33 Å². The van der Waals surface area contributed by atoms with Gasteiger partial charge in [-0.3, -0.25) is 4.79 Å². The maximum atomic E-state index is 11.3. The Balaban J connectivity index is 1.27. The van der Waals surface area contributed by atoms with Crippen molar-refractivity contribution in [3.05, 3.63) is 72.6 Å². The van der Waals surface area contributed by atoms with Gasteiger partial charge in [-0.15, -0.1) is 0 Å². The first-order valence-corrected chi connectivity index (χ1v) is 12.2. The van der Waals surface area contributed by atoms with E-state index in [9.17, 15) is 4.79 Å². The summed E-state index contributed by atoms with van der Waals surface area (Å²) in [5.74, 6) is 1.55. The molecular weight excluding hydrogens is 440 g/mol. The van der Waals surface area contributed by atoms with Crippen molar-refractivity contribution >= 4 is 22.8 Å². The third-order valence-corrected chi connectivity index (χ3v) is 5.74. The molecule has 0 atom stereocenters. The molecule has 35 heavy (non-hydrogen) atoms. The van der Waals surface area contributed by atoms with Gasteiger partial charge >= 0.3 is 5.97 Å². The van der Waals surface area contributed by atoms with Gasteiger partial charge in [-0.05, 0) is 61.2 Å². The van der Waals surface area contributed by atoms with Crippen LogP contribution >= 0.6 is 0 Å². The average Bonchev–Trinajstić information content (AvgIpc) is 3.33. The summed E-state index contributed by atoms with van der Waals surface area (Å²) >= 11 is 0. The lowest BCUT2D eigenvalue weighted by atomic mass is 10.1. The van der Waals surface area contributed by atoms with E-state index in [1.807, 2.05) is 49.4 Å². The van der Waals surface area contributed by atoms with E-state index in [0.717, 1.165) is 59.5 Å². The maximum absolute atomic E-state index is 11.3. The number of esters is 1. The molecule has 4 rings (SSSR count). The summed E-state index contributed by atoms with van der Waals surface area (Å²) in [6.45, 7) is 3.65. The summed E-state index contributed by atoms with van der Waals surface area (Å²) < 4.78 is 10.8. The average molecular weight is 473 g/mol. The Labute approximate surface area is 205 Å². The van der Waals surface area contributed by atoms with Crippen LogP contribution in [0.4, 0.5) is 5.82 Å². The molecule has 0 aliphatic heterocycles. The van der Waals surface area contributed by atoms with Gasteiger partial charge in [0.15, 0.2) is 0 Å². The Morgan fingerprint density at radius 1 is 0.971 bits per heavy atom. The molecule has 0 unspecified atom stereocenters. The van der Waals surface area contributed by atoms with Crippen LogP contribution in [0.25, 0.3) is 22.3 Å². The number of nitrogens with zero attached hydrogens (tertiary/aromatic N) is 2. The number of anilines is 1. The normalized spacial score (nSPS) is 10.9. The molecule has 0 aliphatic carbocycles. The van der Waals surface area contributed by atoms with Gasteiger partial charge in [0.2, 0.25) is 0 Å². The summed E-state index contributed by atoms with van der Waals surface area (Å²) in [5.41, 5.74) is 4.04. The van der Waals surface area contributed by atoms with Crippen LogP contribution in [0.15, 0.2) is 67.0 Å². The number of aromatic amines is 1. The number of carbonyl (C=O) groups is 1. The van der Waals surface area contributed by atoms with Crippen LogP contribution in [0.2, 0.25) is 0 Å². The summed E-state index contributed by atoms with van der Waals surface area (Å²) in [6.07, 6.45) is 5.94. The van der Waals surface area contributed by atoms with Crippen LogP contribution < -0.4 is 10.1 Å². The predicted molar refractivity (Wildman–Crippen MR) is 138 cm³/mol. The highest BCUT2D eigenvalue weighted by Crippen LogP contribution is 2.28. The second kappa shape index (κ2) is 12.6. The molecular formula is C28H32N4O3. The molecule has 0 aliphatic rings. The van der Waals surface area contributed by atoms with Crippen LogP contribution in [0.5, 0.6) is 5.75 Å². The second-order valence-electron chi connectivity index (χ2n) is 8.35. The second-order valence-corrected chi connectivity index (χ2v) is 8.35. The number of hydrogen-bond acceptors (Lipinski definition) is 6. The van der Waals surface area contributed by atoms with Crippen LogP contribution in [0.3, 0.4) is 0 Å². The Kier molecular flexibility index (Phi) is 8.70. The summed E-state index contributed by atoms with van der Waals surface area (Å²) in [6, 6.07) is 20.4. The number of fused-ring (bicyclic) bond motifs is 1. The van der Waals surface area contributed by atoms with Crippen molar-refractivity contribution in [3.63, 3.8) is 0 Å². The first-order chi connectivity index (χ1) is 17.2. The van der Waals surface area contributed by atoms with Crippen molar-refractivity contribution in [2.45, 2.75) is 45.6 Å². The highest BCUT2D eigenvalue weighted by Gasteiger charge is 2.10. The molecule has 7 heteroatoms. The molecule has 0 saturated carbocycles. The van der Waals surface area contributed by atoms with Crippen molar-refractivity contribution in [2.24, 2.45) is 0 Å². The number of H-pyrrole nitrogens is 1. The van der Waals surface area contributed by atoms with Gasteiger partial charge in [0.25, 0.3) is 0 Å². The van der Waals surface area contributed by atoms with E-state index in [0.29, 0.717) is 26.2 Å². The van der Waals surface area contributed by atoms with Crippen LogP contribution in [-0.4, -0.2) is 34.1 Å². The minimum atomic E-state index is -0.106. The minimum absolute atomic E-state index is 0.106. The molecule has 0 radical (unpaired) electrons. The van der Waals surface area contributed by atoms with E-state index in [-0.39, 0.29) is 5.97 Å². The lowest BCUT2D eigenvalue weighted by Gasteiger charge is -2.07. The summed E-state index contributed by atoms with van der Waals surface area (Å²) in [7, 11) is 0. The molecule has 0 saturated heterocycles. The SMILES string of the molecule is CCOC(=O)CCCCCCOc1ccc(-c2cc3c(NCc4ccccc4)ncnc3[nH]2)cc1. The monoisotopic (exact) mass is 472 g/mol. The van der Waals surface area contributed by atoms with Gasteiger partial charge in [-0.2, -0.15) is 0 Å². The molecule has 7 nitrogen and oxygen atoms in total. The number of benzene rings is 2. The van der Waals surface area contributed by atoms with Crippen molar-refractivity contribution in [1.29, 1.82) is 0 Å². The van der Waals surface area contributed by atoms with Crippen molar-refractivity contribution in [2.75, 3.05) is 18.5 Å². The standard InChI is InChI=1S/C28H32N4O3/c1-2-34-26(33)12-8-3-4-9-17-35-23-15-13-22(14-16-23)25-18-24-27(30-20-31-28(24)32-25)29-19-21-10-6-5-7-11-21/h5-7,10-11,13-16,18,20H,2-4,8-9,12,17,19H2,1H3,(H2,29,30,31,32). The fourth-order valence-corrected chi connectivity index (χ4v) is 3.90. The number of unbranched alkanes of at least 4 members (excludes halogenated alkanes) is 3. The van der Waals surface area contributed by atoms with E-state index >= 15 is 0 Å². The zero-order chi connectivity index (χ0) is 24.3. The zero-order valence-electron chi connectivity index (χ0n) is 20.1. The van der Waals surface area contributed by atoms with Gasteiger partial charge in [0.05, 0.1) is 18.6 Å². The third kappa shape index (κ3) is 7.06.